The summed E-state index contributed by atoms with van der Waals surface area (Å²) in [7, 11) is 0. The van der Waals surface area contributed by atoms with Gasteiger partial charge in [0.2, 0.25) is 0 Å². The lowest BCUT2D eigenvalue weighted by atomic mass is 9.94. The first-order valence-electron chi connectivity index (χ1n) is 14.2. The van der Waals surface area contributed by atoms with Gasteiger partial charge in [0.05, 0.1) is 6.61 Å². The first kappa shape index (κ1) is 24.5. The summed E-state index contributed by atoms with van der Waals surface area (Å²) in [6.45, 7) is 3.59. The maximum Gasteiger partial charge on any atom is 0.190 e. The van der Waals surface area contributed by atoms with Crippen molar-refractivity contribution in [1.82, 2.24) is 0 Å². The van der Waals surface area contributed by atoms with Crippen molar-refractivity contribution in [3.05, 3.63) is 0 Å². The minimum absolute atomic E-state index is 0.109. The van der Waals surface area contributed by atoms with Gasteiger partial charge in [-0.2, -0.15) is 0 Å². The molecule has 6 nitrogen and oxygen atoms in total. The molecule has 0 N–H and O–H groups in total. The lowest BCUT2D eigenvalue weighted by Gasteiger charge is -2.35. The van der Waals surface area contributed by atoms with Gasteiger partial charge in [-0.3, -0.25) is 0 Å². The Kier molecular flexibility index (Phi) is 8.31. The molecule has 0 unspecified atom stereocenters. The molecule has 0 bridgehead atoms. The van der Waals surface area contributed by atoms with Gasteiger partial charge in [0, 0.05) is 32.3 Å². The van der Waals surface area contributed by atoms with Gasteiger partial charge in [0.1, 0.15) is 24.4 Å². The zero-order valence-corrected chi connectivity index (χ0v) is 20.8. The fourth-order valence-electron chi connectivity index (χ4n) is 6.54. The Morgan fingerprint density at radius 1 is 0.697 bits per heavy atom. The molecule has 0 aromatic carbocycles. The van der Waals surface area contributed by atoms with Gasteiger partial charge in [0.25, 0.3) is 0 Å². The van der Waals surface area contributed by atoms with Crippen LogP contribution in [0.4, 0.5) is 0 Å². The van der Waals surface area contributed by atoms with Crippen LogP contribution in [0.25, 0.3) is 0 Å². The predicted octanol–water partition coefficient (Wildman–Crippen LogP) is 6.00. The molecule has 5 aliphatic rings. The van der Waals surface area contributed by atoms with E-state index >= 15 is 0 Å². The Morgan fingerprint density at radius 3 is 2.09 bits per heavy atom. The van der Waals surface area contributed by atoms with Crippen LogP contribution in [0.1, 0.15) is 116 Å². The quantitative estimate of drug-likeness (QED) is 0.368. The average molecular weight is 467 g/mol. The average Bonchev–Trinajstić information content (AvgIpc) is 3.48. The molecular weight excluding hydrogens is 420 g/mol. The highest BCUT2D eigenvalue weighted by Gasteiger charge is 2.61. The molecule has 2 saturated carbocycles. The van der Waals surface area contributed by atoms with Crippen LogP contribution in [0.5, 0.6) is 0 Å². The zero-order chi connectivity index (χ0) is 22.6. The van der Waals surface area contributed by atoms with Crippen molar-refractivity contribution in [3.8, 4) is 0 Å². The topological polar surface area (TPSA) is 55.4 Å². The van der Waals surface area contributed by atoms with Gasteiger partial charge < -0.3 is 28.4 Å². The molecule has 5 fully saturated rings. The normalized spacial score (nSPS) is 37.2. The van der Waals surface area contributed by atoms with Crippen molar-refractivity contribution in [2.75, 3.05) is 13.2 Å². The minimum Gasteiger partial charge on any atom is -0.372 e. The molecule has 0 aromatic heterocycles. The predicted molar refractivity (Wildman–Crippen MR) is 125 cm³/mol. The molecule has 2 spiro atoms. The van der Waals surface area contributed by atoms with Crippen molar-refractivity contribution in [2.24, 2.45) is 0 Å². The molecule has 3 saturated heterocycles. The van der Waals surface area contributed by atoms with Gasteiger partial charge in [-0.05, 0) is 32.1 Å². The number of ether oxygens (including phenoxy) is 6. The molecule has 0 amide bonds. The second-order valence-corrected chi connectivity index (χ2v) is 11.0. The highest BCUT2D eigenvalue weighted by atomic mass is 16.9. The summed E-state index contributed by atoms with van der Waals surface area (Å²) in [6, 6.07) is 0. The molecule has 0 aromatic rings. The lowest BCUT2D eigenvalue weighted by Crippen LogP contribution is -2.46. The SMILES string of the molecule is CCCCCCCCCO[C@H]1[C@@H]2OC3(CCCCC3)O[C@@H]2O[C@H]1[C@@H]1COC2(CCCCC2)O1. The van der Waals surface area contributed by atoms with Crippen molar-refractivity contribution in [2.45, 2.75) is 158 Å². The summed E-state index contributed by atoms with van der Waals surface area (Å²) >= 11 is 0. The van der Waals surface area contributed by atoms with Crippen molar-refractivity contribution in [1.29, 1.82) is 0 Å². The van der Waals surface area contributed by atoms with Crippen molar-refractivity contribution in [3.63, 3.8) is 0 Å². The number of fused-ring (bicyclic) bond motifs is 1. The Balaban J connectivity index is 1.17. The molecule has 33 heavy (non-hydrogen) atoms. The summed E-state index contributed by atoms with van der Waals surface area (Å²) in [5.41, 5.74) is 0. The van der Waals surface area contributed by atoms with Crippen LogP contribution >= 0.6 is 0 Å². The largest absolute Gasteiger partial charge is 0.372 e. The third-order valence-electron chi connectivity index (χ3n) is 8.42. The van der Waals surface area contributed by atoms with Crippen LogP contribution in [0.15, 0.2) is 0 Å². The smallest absolute Gasteiger partial charge is 0.190 e. The van der Waals surface area contributed by atoms with Crippen LogP contribution < -0.4 is 0 Å². The van der Waals surface area contributed by atoms with Crippen LogP contribution in [-0.2, 0) is 28.4 Å². The van der Waals surface area contributed by atoms with E-state index in [4.69, 9.17) is 28.4 Å². The van der Waals surface area contributed by atoms with Crippen LogP contribution in [0.2, 0.25) is 0 Å². The molecule has 2 aliphatic carbocycles. The number of hydrogen-bond donors (Lipinski definition) is 0. The Labute approximate surface area is 200 Å². The minimum atomic E-state index is -0.461. The first-order valence-corrected chi connectivity index (χ1v) is 14.2. The summed E-state index contributed by atoms with van der Waals surface area (Å²) < 4.78 is 38.8. The Hall–Kier alpha value is -0.240. The van der Waals surface area contributed by atoms with E-state index in [9.17, 15) is 0 Å². The number of hydrogen-bond acceptors (Lipinski definition) is 6. The summed E-state index contributed by atoms with van der Waals surface area (Å²) in [5.74, 6) is -0.865. The van der Waals surface area contributed by atoms with E-state index in [0.29, 0.717) is 6.61 Å². The monoisotopic (exact) mass is 466 g/mol. The van der Waals surface area contributed by atoms with E-state index in [2.05, 4.69) is 6.92 Å². The molecule has 5 atom stereocenters. The molecule has 5 rings (SSSR count). The second-order valence-electron chi connectivity index (χ2n) is 11.0. The van der Waals surface area contributed by atoms with Crippen LogP contribution in [-0.4, -0.2) is 55.5 Å². The molecule has 3 aliphatic heterocycles. The van der Waals surface area contributed by atoms with E-state index in [-0.39, 0.29) is 30.7 Å². The van der Waals surface area contributed by atoms with E-state index in [0.717, 1.165) is 51.6 Å². The maximum atomic E-state index is 6.61. The van der Waals surface area contributed by atoms with E-state index in [1.165, 1.54) is 64.2 Å². The third kappa shape index (κ3) is 5.62. The van der Waals surface area contributed by atoms with Crippen LogP contribution in [0, 0.1) is 0 Å². The van der Waals surface area contributed by atoms with Gasteiger partial charge in [-0.1, -0.05) is 58.3 Å². The Bertz CT molecular complexity index is 599. The van der Waals surface area contributed by atoms with Gasteiger partial charge >= 0.3 is 0 Å². The maximum absolute atomic E-state index is 6.61. The first-order chi connectivity index (χ1) is 16.2. The number of rotatable bonds is 10. The third-order valence-corrected chi connectivity index (χ3v) is 8.42. The number of unbranched alkanes of at least 4 members (excludes halogenated alkanes) is 6. The van der Waals surface area contributed by atoms with E-state index < -0.39 is 11.6 Å². The van der Waals surface area contributed by atoms with Gasteiger partial charge in [-0.15, -0.1) is 0 Å². The van der Waals surface area contributed by atoms with Crippen molar-refractivity contribution >= 4 is 0 Å². The highest BCUT2D eigenvalue weighted by molar-refractivity contribution is 5.01. The second kappa shape index (κ2) is 11.2. The highest BCUT2D eigenvalue weighted by Crippen LogP contribution is 2.48. The molecule has 190 valence electrons. The summed E-state index contributed by atoms with van der Waals surface area (Å²) in [5, 5.41) is 0. The summed E-state index contributed by atoms with van der Waals surface area (Å²) in [6.07, 6.45) is 19.1. The van der Waals surface area contributed by atoms with Gasteiger partial charge in [0.15, 0.2) is 17.9 Å². The van der Waals surface area contributed by atoms with E-state index in [1.54, 1.807) is 0 Å². The molecule has 6 heteroatoms. The molecule has 3 heterocycles. The zero-order valence-electron chi connectivity index (χ0n) is 20.8. The summed E-state index contributed by atoms with van der Waals surface area (Å²) in [4.78, 5) is 0. The fourth-order valence-corrected chi connectivity index (χ4v) is 6.54. The Morgan fingerprint density at radius 2 is 1.36 bits per heavy atom. The molecule has 0 radical (unpaired) electrons. The van der Waals surface area contributed by atoms with Crippen LogP contribution in [0.3, 0.4) is 0 Å². The standard InChI is InChI=1S/C27H46O6/c1-2-3-4-5-6-7-14-19-28-23-22(21-20-29-26(31-21)15-10-8-11-16-26)30-25-24(23)32-27(33-25)17-12-9-13-18-27/h21-25H,2-20H2,1H3/t21-,22-,23+,24-,25-/m0/s1. The van der Waals surface area contributed by atoms with E-state index in [1.807, 2.05) is 0 Å². The lowest BCUT2D eigenvalue weighted by molar-refractivity contribution is -0.262. The molecular formula is C27H46O6. The fraction of sp³-hybridized carbons (Fsp3) is 1.00. The van der Waals surface area contributed by atoms with Gasteiger partial charge in [-0.25, -0.2) is 0 Å². The van der Waals surface area contributed by atoms with Crippen molar-refractivity contribution < 1.29 is 28.4 Å².